The SMILES string of the molecule is CCCCOc1cc(C=C(CCOCC)C(=O)O)ccc1OCCc1ccc(OS(C)(=O)=O)cc1. The lowest BCUT2D eigenvalue weighted by atomic mass is 10.1. The van der Waals surface area contributed by atoms with E-state index in [1.807, 2.05) is 6.92 Å². The minimum absolute atomic E-state index is 0.259. The van der Waals surface area contributed by atoms with Crippen LogP contribution in [0.2, 0.25) is 0 Å². The van der Waals surface area contributed by atoms with Gasteiger partial charge in [0.25, 0.3) is 0 Å². The molecule has 1 N–H and O–H groups in total. The van der Waals surface area contributed by atoms with Gasteiger partial charge in [-0.1, -0.05) is 31.5 Å². The van der Waals surface area contributed by atoms with Gasteiger partial charge in [-0.2, -0.15) is 8.42 Å². The molecule has 0 radical (unpaired) electrons. The Morgan fingerprint density at radius 2 is 1.69 bits per heavy atom. The highest BCUT2D eigenvalue weighted by Crippen LogP contribution is 2.30. The highest BCUT2D eigenvalue weighted by atomic mass is 32.2. The summed E-state index contributed by atoms with van der Waals surface area (Å²) in [4.78, 5) is 11.6. The normalized spacial score (nSPS) is 11.8. The molecule has 0 aliphatic heterocycles. The van der Waals surface area contributed by atoms with Crippen molar-refractivity contribution < 1.29 is 36.7 Å². The molecule has 0 saturated heterocycles. The van der Waals surface area contributed by atoms with Gasteiger partial charge in [-0.15, -0.1) is 0 Å². The second kappa shape index (κ2) is 14.4. The lowest BCUT2D eigenvalue weighted by Crippen LogP contribution is -2.07. The first-order chi connectivity index (χ1) is 16.7. The van der Waals surface area contributed by atoms with Crippen LogP contribution in [0, 0.1) is 0 Å². The van der Waals surface area contributed by atoms with Gasteiger partial charge in [0, 0.05) is 25.0 Å². The molecule has 2 rings (SSSR count). The monoisotopic (exact) mass is 506 g/mol. The maximum atomic E-state index is 11.6. The summed E-state index contributed by atoms with van der Waals surface area (Å²) < 4.78 is 44.5. The first kappa shape index (κ1) is 28.2. The first-order valence-corrected chi connectivity index (χ1v) is 13.4. The molecule has 2 aromatic carbocycles. The molecule has 0 bridgehead atoms. The first-order valence-electron chi connectivity index (χ1n) is 11.6. The smallest absolute Gasteiger partial charge is 0.331 e. The zero-order valence-corrected chi connectivity index (χ0v) is 21.3. The van der Waals surface area contributed by atoms with E-state index in [0.717, 1.165) is 24.7 Å². The van der Waals surface area contributed by atoms with Gasteiger partial charge in [-0.25, -0.2) is 4.79 Å². The van der Waals surface area contributed by atoms with Crippen LogP contribution in [-0.4, -0.2) is 52.2 Å². The Kier molecular flexibility index (Phi) is 11.6. The number of unbranched alkanes of at least 4 members (excludes halogenated alkanes) is 1. The van der Waals surface area contributed by atoms with Crippen molar-refractivity contribution in [2.45, 2.75) is 39.5 Å². The van der Waals surface area contributed by atoms with Gasteiger partial charge in [-0.3, -0.25) is 0 Å². The van der Waals surface area contributed by atoms with Crippen LogP contribution in [0.15, 0.2) is 48.0 Å². The summed E-state index contributed by atoms with van der Waals surface area (Å²) in [6.07, 6.45) is 5.39. The molecule has 0 heterocycles. The maximum Gasteiger partial charge on any atom is 0.331 e. The van der Waals surface area contributed by atoms with Gasteiger partial charge in [-0.05, 0) is 54.8 Å². The highest BCUT2D eigenvalue weighted by molar-refractivity contribution is 7.86. The van der Waals surface area contributed by atoms with Crippen molar-refractivity contribution in [3.05, 3.63) is 59.2 Å². The topological polar surface area (TPSA) is 108 Å². The summed E-state index contributed by atoms with van der Waals surface area (Å²) >= 11 is 0. The Morgan fingerprint density at radius 1 is 0.971 bits per heavy atom. The van der Waals surface area contributed by atoms with Gasteiger partial charge in [0.15, 0.2) is 11.5 Å². The number of hydrogen-bond acceptors (Lipinski definition) is 7. The summed E-state index contributed by atoms with van der Waals surface area (Å²) in [7, 11) is -3.56. The molecule has 0 spiro atoms. The van der Waals surface area contributed by atoms with Crippen molar-refractivity contribution >= 4 is 22.2 Å². The van der Waals surface area contributed by atoms with Gasteiger partial charge in [0.1, 0.15) is 5.75 Å². The minimum atomic E-state index is -3.56. The number of benzene rings is 2. The number of hydrogen-bond donors (Lipinski definition) is 1. The molecule has 35 heavy (non-hydrogen) atoms. The van der Waals surface area contributed by atoms with E-state index < -0.39 is 16.1 Å². The molecule has 8 nitrogen and oxygen atoms in total. The van der Waals surface area contributed by atoms with Crippen LogP contribution in [0.25, 0.3) is 6.08 Å². The van der Waals surface area contributed by atoms with Crippen molar-refractivity contribution in [3.8, 4) is 17.2 Å². The quantitative estimate of drug-likeness (QED) is 0.198. The van der Waals surface area contributed by atoms with Crippen LogP contribution in [0.1, 0.15) is 44.2 Å². The average Bonchev–Trinajstić information content (AvgIpc) is 2.80. The number of carboxylic acid groups (broad SMARTS) is 1. The van der Waals surface area contributed by atoms with Crippen molar-refractivity contribution in [2.75, 3.05) is 32.7 Å². The minimum Gasteiger partial charge on any atom is -0.490 e. The molecule has 9 heteroatoms. The number of carbonyl (C=O) groups is 1. The van der Waals surface area contributed by atoms with E-state index in [1.165, 1.54) is 0 Å². The molecule has 192 valence electrons. The largest absolute Gasteiger partial charge is 0.490 e. The van der Waals surface area contributed by atoms with Crippen LogP contribution < -0.4 is 13.7 Å². The fourth-order valence-corrected chi connectivity index (χ4v) is 3.57. The third-order valence-corrected chi connectivity index (χ3v) is 5.37. The third kappa shape index (κ3) is 10.8. The molecule has 0 unspecified atom stereocenters. The van der Waals surface area contributed by atoms with E-state index in [-0.39, 0.29) is 11.3 Å². The molecule has 0 saturated carbocycles. The number of carboxylic acids is 1. The fraction of sp³-hybridized carbons (Fsp3) is 0.423. The molecular weight excluding hydrogens is 472 g/mol. The summed E-state index contributed by atoms with van der Waals surface area (Å²) in [6.45, 7) is 5.72. The Morgan fingerprint density at radius 3 is 2.31 bits per heavy atom. The van der Waals surface area contributed by atoms with E-state index in [2.05, 4.69) is 6.92 Å². The molecule has 0 aliphatic rings. The van der Waals surface area contributed by atoms with E-state index in [1.54, 1.807) is 48.5 Å². The average molecular weight is 507 g/mol. The second-order valence-electron chi connectivity index (χ2n) is 7.86. The predicted octanol–water partition coefficient (Wildman–Crippen LogP) is 4.72. The molecule has 0 amide bonds. The van der Waals surface area contributed by atoms with Crippen molar-refractivity contribution in [3.63, 3.8) is 0 Å². The van der Waals surface area contributed by atoms with Crippen molar-refractivity contribution in [1.82, 2.24) is 0 Å². The van der Waals surface area contributed by atoms with E-state index in [9.17, 15) is 18.3 Å². The molecule has 0 aromatic heterocycles. The highest BCUT2D eigenvalue weighted by Gasteiger charge is 2.11. The Balaban J connectivity index is 2.09. The summed E-state index contributed by atoms with van der Waals surface area (Å²) in [5, 5.41) is 9.51. The molecule has 2 aromatic rings. The predicted molar refractivity (Wildman–Crippen MR) is 135 cm³/mol. The van der Waals surface area contributed by atoms with E-state index >= 15 is 0 Å². The lowest BCUT2D eigenvalue weighted by molar-refractivity contribution is -0.132. The summed E-state index contributed by atoms with van der Waals surface area (Å²) in [5.74, 6) is 0.404. The molecule has 0 atom stereocenters. The van der Waals surface area contributed by atoms with Crippen LogP contribution in [-0.2, 0) is 26.1 Å². The Hall–Kier alpha value is -3.04. The number of rotatable bonds is 16. The maximum absolute atomic E-state index is 11.6. The third-order valence-electron chi connectivity index (χ3n) is 4.88. The van der Waals surface area contributed by atoms with Crippen LogP contribution in [0.3, 0.4) is 0 Å². The fourth-order valence-electron chi connectivity index (χ4n) is 3.11. The molecule has 0 aliphatic carbocycles. The van der Waals surface area contributed by atoms with Gasteiger partial charge in [0.05, 0.1) is 26.1 Å². The number of ether oxygens (including phenoxy) is 3. The van der Waals surface area contributed by atoms with Crippen molar-refractivity contribution in [2.24, 2.45) is 0 Å². The zero-order chi connectivity index (χ0) is 25.7. The second-order valence-corrected chi connectivity index (χ2v) is 9.43. The lowest BCUT2D eigenvalue weighted by Gasteiger charge is -2.14. The van der Waals surface area contributed by atoms with Crippen molar-refractivity contribution in [1.29, 1.82) is 0 Å². The van der Waals surface area contributed by atoms with Gasteiger partial charge in [0.2, 0.25) is 0 Å². The standard InChI is InChI=1S/C26H34O8S/c1-4-6-15-32-25-19-21(18-22(26(27)28)14-16-31-5-2)9-12-24(25)33-17-13-20-7-10-23(11-8-20)34-35(3,29)30/h7-12,18-19H,4-6,13-17H2,1-3H3,(H,27,28). The molecular formula is C26H34O8S. The molecule has 0 fully saturated rings. The van der Waals surface area contributed by atoms with Gasteiger partial charge >= 0.3 is 16.1 Å². The Labute approximate surface area is 207 Å². The van der Waals surface area contributed by atoms with E-state index in [0.29, 0.717) is 56.3 Å². The van der Waals surface area contributed by atoms with Gasteiger partial charge < -0.3 is 23.5 Å². The zero-order valence-electron chi connectivity index (χ0n) is 20.5. The van der Waals surface area contributed by atoms with Crippen LogP contribution in [0.4, 0.5) is 0 Å². The van der Waals surface area contributed by atoms with Crippen LogP contribution >= 0.6 is 0 Å². The van der Waals surface area contributed by atoms with Crippen LogP contribution in [0.5, 0.6) is 17.2 Å². The van der Waals surface area contributed by atoms with E-state index in [4.69, 9.17) is 18.4 Å². The Bertz CT molecular complexity index is 1080. The number of aliphatic carboxylic acids is 1. The summed E-state index contributed by atoms with van der Waals surface area (Å²) in [5.41, 5.74) is 1.92. The summed E-state index contributed by atoms with van der Waals surface area (Å²) in [6, 6.07) is 12.1.